The van der Waals surface area contributed by atoms with E-state index in [9.17, 15) is 4.79 Å². The molecule has 0 atom stereocenters. The van der Waals surface area contributed by atoms with Crippen LogP contribution in [0.15, 0.2) is 65.4 Å². The molecule has 5 heteroatoms. The molecule has 2 N–H and O–H groups in total. The molecule has 23 heavy (non-hydrogen) atoms. The summed E-state index contributed by atoms with van der Waals surface area (Å²) < 4.78 is 5.24. The molecule has 116 valence electrons. The van der Waals surface area contributed by atoms with E-state index in [0.717, 1.165) is 17.1 Å². The van der Waals surface area contributed by atoms with Crippen LogP contribution < -0.4 is 10.6 Å². The first-order chi connectivity index (χ1) is 11.2. The summed E-state index contributed by atoms with van der Waals surface area (Å²) in [7, 11) is 0. The van der Waals surface area contributed by atoms with Gasteiger partial charge in [-0.2, -0.15) is 0 Å². The molecule has 0 radical (unpaired) electrons. The first-order valence-electron chi connectivity index (χ1n) is 7.31. The molecule has 2 aromatic heterocycles. The summed E-state index contributed by atoms with van der Waals surface area (Å²) in [6.45, 7) is 2.48. The van der Waals surface area contributed by atoms with Gasteiger partial charge in [-0.05, 0) is 42.8 Å². The lowest BCUT2D eigenvalue weighted by atomic mass is 10.1. The first kappa shape index (κ1) is 14.8. The highest BCUT2D eigenvalue weighted by Gasteiger charge is 2.08. The number of aryl methyl sites for hydroxylation is 1. The number of carbonyl (C=O) groups excluding carboxylic acids is 1. The van der Waals surface area contributed by atoms with Gasteiger partial charge in [0.2, 0.25) is 0 Å². The molecule has 5 nitrogen and oxygen atoms in total. The van der Waals surface area contributed by atoms with Crippen molar-refractivity contribution in [1.82, 2.24) is 4.98 Å². The van der Waals surface area contributed by atoms with Crippen LogP contribution in [0.1, 0.15) is 21.7 Å². The minimum absolute atomic E-state index is 0.138. The molecule has 0 spiro atoms. The Balaban J connectivity index is 1.61. The first-order valence-corrected chi connectivity index (χ1v) is 7.31. The van der Waals surface area contributed by atoms with Crippen molar-refractivity contribution in [1.29, 1.82) is 0 Å². The third kappa shape index (κ3) is 3.77. The number of amides is 1. The normalized spacial score (nSPS) is 10.3. The van der Waals surface area contributed by atoms with Gasteiger partial charge in [-0.15, -0.1) is 0 Å². The van der Waals surface area contributed by atoms with E-state index in [0.29, 0.717) is 17.8 Å². The van der Waals surface area contributed by atoms with Crippen LogP contribution in [0.2, 0.25) is 0 Å². The zero-order chi connectivity index (χ0) is 16.1. The van der Waals surface area contributed by atoms with Crippen LogP contribution >= 0.6 is 0 Å². The molecule has 3 rings (SSSR count). The monoisotopic (exact) mass is 307 g/mol. The van der Waals surface area contributed by atoms with Gasteiger partial charge in [0, 0.05) is 5.56 Å². The summed E-state index contributed by atoms with van der Waals surface area (Å²) in [5.41, 5.74) is 2.25. The van der Waals surface area contributed by atoms with Crippen LogP contribution in [0.3, 0.4) is 0 Å². The maximum atomic E-state index is 12.2. The van der Waals surface area contributed by atoms with E-state index in [1.165, 1.54) is 0 Å². The number of nitrogens with one attached hydrogen (secondary N) is 2. The minimum atomic E-state index is -0.138. The molecule has 0 aliphatic heterocycles. The van der Waals surface area contributed by atoms with Crippen molar-refractivity contribution in [2.75, 3.05) is 10.6 Å². The van der Waals surface area contributed by atoms with Crippen molar-refractivity contribution < 1.29 is 9.21 Å². The predicted molar refractivity (Wildman–Crippen MR) is 89.4 cm³/mol. The Labute approximate surface area is 134 Å². The van der Waals surface area contributed by atoms with E-state index >= 15 is 0 Å². The van der Waals surface area contributed by atoms with Crippen LogP contribution in [0.25, 0.3) is 0 Å². The quantitative estimate of drug-likeness (QED) is 0.751. The summed E-state index contributed by atoms with van der Waals surface area (Å²) in [4.78, 5) is 16.5. The van der Waals surface area contributed by atoms with E-state index in [2.05, 4.69) is 15.6 Å². The predicted octanol–water partition coefficient (Wildman–Crippen LogP) is 3.85. The van der Waals surface area contributed by atoms with Crippen LogP contribution in [0, 0.1) is 6.92 Å². The maximum absolute atomic E-state index is 12.2. The molecule has 1 amide bonds. The molecular formula is C18H17N3O2. The van der Waals surface area contributed by atoms with E-state index in [1.807, 2.05) is 49.4 Å². The second kappa shape index (κ2) is 6.79. The van der Waals surface area contributed by atoms with Gasteiger partial charge in [0.05, 0.1) is 24.7 Å². The third-order valence-corrected chi connectivity index (χ3v) is 3.43. The van der Waals surface area contributed by atoms with Gasteiger partial charge in [-0.1, -0.05) is 18.2 Å². The topological polar surface area (TPSA) is 67.2 Å². The zero-order valence-electron chi connectivity index (χ0n) is 12.7. The number of anilines is 2. The van der Waals surface area contributed by atoms with Crippen molar-refractivity contribution in [2.45, 2.75) is 13.5 Å². The minimum Gasteiger partial charge on any atom is -0.467 e. The Morgan fingerprint density at radius 3 is 2.70 bits per heavy atom. The maximum Gasteiger partial charge on any atom is 0.255 e. The van der Waals surface area contributed by atoms with Gasteiger partial charge >= 0.3 is 0 Å². The van der Waals surface area contributed by atoms with Crippen molar-refractivity contribution in [3.63, 3.8) is 0 Å². The Morgan fingerprint density at radius 2 is 2.00 bits per heavy atom. The summed E-state index contributed by atoms with van der Waals surface area (Å²) in [5, 5.41) is 6.00. The fourth-order valence-electron chi connectivity index (χ4n) is 2.19. The molecule has 2 heterocycles. The molecule has 0 unspecified atom stereocenters. The molecule has 0 aliphatic carbocycles. The summed E-state index contributed by atoms with van der Waals surface area (Å²) in [6.07, 6.45) is 3.26. The lowest BCUT2D eigenvalue weighted by Gasteiger charge is -2.08. The highest BCUT2D eigenvalue weighted by molar-refractivity contribution is 6.05. The van der Waals surface area contributed by atoms with Gasteiger partial charge in [0.15, 0.2) is 0 Å². The van der Waals surface area contributed by atoms with Gasteiger partial charge < -0.3 is 15.1 Å². The van der Waals surface area contributed by atoms with Crippen molar-refractivity contribution >= 4 is 17.4 Å². The fraction of sp³-hybridized carbons (Fsp3) is 0.111. The van der Waals surface area contributed by atoms with E-state index in [1.54, 1.807) is 18.5 Å². The number of benzene rings is 1. The van der Waals surface area contributed by atoms with Crippen LogP contribution in [0.5, 0.6) is 0 Å². The standard InChI is InChI=1S/C18H17N3O2/c1-13-5-2-3-7-16(13)18(22)21-14-8-9-17(19-11-14)20-12-15-6-4-10-23-15/h2-11H,12H2,1H3,(H,19,20)(H,21,22). The van der Waals surface area contributed by atoms with E-state index in [4.69, 9.17) is 4.42 Å². The van der Waals surface area contributed by atoms with Gasteiger partial charge in [0.25, 0.3) is 5.91 Å². The van der Waals surface area contributed by atoms with Gasteiger partial charge in [-0.3, -0.25) is 4.79 Å². The van der Waals surface area contributed by atoms with Crippen LogP contribution in [-0.2, 0) is 6.54 Å². The molecule has 0 aliphatic rings. The summed E-state index contributed by atoms with van der Waals surface area (Å²) >= 11 is 0. The second-order valence-corrected chi connectivity index (χ2v) is 5.13. The average Bonchev–Trinajstić information content (AvgIpc) is 3.08. The van der Waals surface area contributed by atoms with E-state index < -0.39 is 0 Å². The average molecular weight is 307 g/mol. The van der Waals surface area contributed by atoms with Crippen LogP contribution in [-0.4, -0.2) is 10.9 Å². The van der Waals surface area contributed by atoms with Gasteiger partial charge in [-0.25, -0.2) is 4.98 Å². The number of carbonyl (C=O) groups is 1. The SMILES string of the molecule is Cc1ccccc1C(=O)Nc1ccc(NCc2ccco2)nc1. The Bertz CT molecular complexity index is 780. The summed E-state index contributed by atoms with van der Waals surface area (Å²) in [6, 6.07) is 14.8. The van der Waals surface area contributed by atoms with Gasteiger partial charge in [0.1, 0.15) is 11.6 Å². The molecule has 0 saturated heterocycles. The molecule has 0 fully saturated rings. The Hall–Kier alpha value is -3.08. The molecule has 0 saturated carbocycles. The molecule has 1 aromatic carbocycles. The Morgan fingerprint density at radius 1 is 1.13 bits per heavy atom. The smallest absolute Gasteiger partial charge is 0.255 e. The lowest BCUT2D eigenvalue weighted by molar-refractivity contribution is 0.102. The fourth-order valence-corrected chi connectivity index (χ4v) is 2.19. The Kier molecular flexibility index (Phi) is 4.38. The second-order valence-electron chi connectivity index (χ2n) is 5.13. The highest BCUT2D eigenvalue weighted by atomic mass is 16.3. The van der Waals surface area contributed by atoms with Crippen LogP contribution in [0.4, 0.5) is 11.5 Å². The lowest BCUT2D eigenvalue weighted by Crippen LogP contribution is -2.13. The van der Waals surface area contributed by atoms with E-state index in [-0.39, 0.29) is 5.91 Å². The number of hydrogen-bond donors (Lipinski definition) is 2. The largest absolute Gasteiger partial charge is 0.467 e. The summed E-state index contributed by atoms with van der Waals surface area (Å²) in [5.74, 6) is 1.42. The number of aromatic nitrogens is 1. The number of pyridine rings is 1. The number of rotatable bonds is 5. The third-order valence-electron chi connectivity index (χ3n) is 3.43. The highest BCUT2D eigenvalue weighted by Crippen LogP contribution is 2.14. The molecule has 3 aromatic rings. The molecule has 0 bridgehead atoms. The van der Waals surface area contributed by atoms with Crippen molar-refractivity contribution in [2.24, 2.45) is 0 Å². The van der Waals surface area contributed by atoms with Crippen molar-refractivity contribution in [3.8, 4) is 0 Å². The number of furan rings is 1. The number of hydrogen-bond acceptors (Lipinski definition) is 4. The molecular weight excluding hydrogens is 290 g/mol. The zero-order valence-corrected chi connectivity index (χ0v) is 12.7. The number of nitrogens with zero attached hydrogens (tertiary/aromatic N) is 1. The van der Waals surface area contributed by atoms with Crippen molar-refractivity contribution in [3.05, 3.63) is 77.9 Å².